The lowest BCUT2D eigenvalue weighted by Gasteiger charge is -2.65. The fourth-order valence-corrected chi connectivity index (χ4v) is 17.8. The number of rotatable bonds is 8. The zero-order valence-electron chi connectivity index (χ0n) is 34.4. The van der Waals surface area contributed by atoms with E-state index in [0.717, 1.165) is 64.2 Å². The number of aliphatic hydroxyl groups excluding tert-OH is 2. The molecule has 8 aliphatic rings. The molecule has 0 radical (unpaired) electrons. The highest BCUT2D eigenvalue weighted by Gasteiger charge is 2.68. The Labute approximate surface area is 328 Å². The third kappa shape index (κ3) is 5.98. The number of fused-ring (bicyclic) bond motifs is 10. The topological polar surface area (TPSA) is 158 Å². The van der Waals surface area contributed by atoms with Crippen molar-refractivity contribution in [3.05, 3.63) is 0 Å². The van der Waals surface area contributed by atoms with Crippen LogP contribution in [0, 0.1) is 92.7 Å². The van der Waals surface area contributed by atoms with Crippen LogP contribution in [0.5, 0.6) is 0 Å². The van der Waals surface area contributed by atoms with Crippen molar-refractivity contribution in [3.63, 3.8) is 0 Å². The number of carboxylic acids is 2. The van der Waals surface area contributed by atoms with Crippen LogP contribution in [0.4, 0.5) is 0 Å². The number of ether oxygens (including phenoxy) is 1. The Morgan fingerprint density at radius 3 is 1.27 bits per heavy atom. The monoisotopic (exact) mass is 767 g/mol. The van der Waals surface area contributed by atoms with Gasteiger partial charge in [0, 0.05) is 23.7 Å². The molecule has 9 nitrogen and oxygen atoms in total. The van der Waals surface area contributed by atoms with Crippen molar-refractivity contribution < 1.29 is 44.3 Å². The summed E-state index contributed by atoms with van der Waals surface area (Å²) in [6.07, 6.45) is 9.26. The van der Waals surface area contributed by atoms with Crippen LogP contribution >= 0.6 is 0 Å². The van der Waals surface area contributed by atoms with Gasteiger partial charge in [-0.25, -0.2) is 9.59 Å². The molecule has 0 aromatic rings. The van der Waals surface area contributed by atoms with E-state index in [-0.39, 0.29) is 81.9 Å². The predicted octanol–water partition coefficient (Wildman–Crippen LogP) is 7.58. The standard InChI is InChI=1S/C46H70O9/c1-23(47)33-11-13-35-29-9-7-25-19-27(49)15-17-43(25,3)37(29)31(21-45(33,35)5)39(41(51)52)55-40(42(53)54)32-22-46(6)34(24(2)48)12-14-36(46)30-10-8-26-20-28(50)16-18-44(26,4)38(30)32/h25-40,49-50H,7-22H2,1-6H3,(H,51,52)(H,53,54)/t25-,26-,27+,28+,29-,30-,31?,32?,33+,34+,35-,36-,37+,38+,39?,40?,43-,44-,45+,46+/m0/s1. The average Bonchev–Trinajstić information content (AvgIpc) is 3.65. The molecule has 0 aliphatic heterocycles. The molecule has 20 atom stereocenters. The maximum absolute atomic E-state index is 13.9. The molecule has 9 heteroatoms. The van der Waals surface area contributed by atoms with E-state index in [1.165, 1.54) is 0 Å². The minimum absolute atomic E-state index is 0.0209. The van der Waals surface area contributed by atoms with Gasteiger partial charge in [0.05, 0.1) is 12.2 Å². The number of aliphatic hydroxyl groups is 2. The third-order valence-corrected chi connectivity index (χ3v) is 19.8. The molecule has 55 heavy (non-hydrogen) atoms. The minimum Gasteiger partial charge on any atom is -0.479 e. The van der Waals surface area contributed by atoms with E-state index in [2.05, 4.69) is 27.7 Å². The molecule has 0 aromatic carbocycles. The van der Waals surface area contributed by atoms with Crippen LogP contribution in [0.1, 0.15) is 144 Å². The van der Waals surface area contributed by atoms with Crippen LogP contribution in [-0.4, -0.2) is 68.3 Å². The van der Waals surface area contributed by atoms with Crippen molar-refractivity contribution in [2.75, 3.05) is 0 Å². The molecular formula is C46H70O9. The number of carbonyl (C=O) groups is 4. The largest absolute Gasteiger partial charge is 0.479 e. The lowest BCUT2D eigenvalue weighted by molar-refractivity contribution is -0.223. The van der Waals surface area contributed by atoms with E-state index in [9.17, 15) is 39.6 Å². The maximum Gasteiger partial charge on any atom is 0.333 e. The SMILES string of the molecule is CC(=O)[C@H]1CC[C@H]2[C@@H]3CC[C@H]4C[C@H](O)CC[C@]4(C)[C@H]3C(C(OC(C(=O)O)C3C[C@]4(C)[C@@H](C(C)=O)CC[C@H]4[C@@H]4CC[C@H]5C[C@H](O)CC[C@]5(C)[C@@H]34)C(=O)O)C[C@]12C. The van der Waals surface area contributed by atoms with Gasteiger partial charge in [0.15, 0.2) is 12.2 Å². The van der Waals surface area contributed by atoms with Gasteiger partial charge in [0.1, 0.15) is 11.6 Å². The summed E-state index contributed by atoms with van der Waals surface area (Å²) in [6, 6.07) is 0. The quantitative estimate of drug-likeness (QED) is 0.196. The van der Waals surface area contributed by atoms with Crippen molar-refractivity contribution in [1.29, 1.82) is 0 Å². The summed E-state index contributed by atoms with van der Waals surface area (Å²) in [6.45, 7) is 12.4. The van der Waals surface area contributed by atoms with Crippen LogP contribution in [0.25, 0.3) is 0 Å². The zero-order chi connectivity index (χ0) is 39.6. The van der Waals surface area contributed by atoms with E-state index in [1.807, 2.05) is 0 Å². The number of hydrogen-bond donors (Lipinski definition) is 4. The Kier molecular flexibility index (Phi) is 10.1. The van der Waals surface area contributed by atoms with Gasteiger partial charge in [-0.2, -0.15) is 0 Å². The molecule has 0 saturated heterocycles. The highest BCUT2D eigenvalue weighted by molar-refractivity contribution is 5.80. The molecule has 4 unspecified atom stereocenters. The Bertz CT molecular complexity index is 1450. The van der Waals surface area contributed by atoms with Crippen LogP contribution < -0.4 is 0 Å². The molecule has 8 aliphatic carbocycles. The normalized spacial score (nSPS) is 52.6. The number of hydrogen-bond acceptors (Lipinski definition) is 7. The number of carbonyl (C=O) groups excluding carboxylic acids is 2. The number of aliphatic carboxylic acids is 2. The molecule has 0 heterocycles. The minimum atomic E-state index is -1.36. The first-order chi connectivity index (χ1) is 25.8. The summed E-state index contributed by atoms with van der Waals surface area (Å²) in [5.41, 5.74) is -1.24. The lowest BCUT2D eigenvalue weighted by Crippen LogP contribution is -2.63. The summed E-state index contributed by atoms with van der Waals surface area (Å²) >= 11 is 0. The first-order valence-electron chi connectivity index (χ1n) is 22.3. The Hall–Kier alpha value is -1.84. The maximum atomic E-state index is 13.9. The fourth-order valence-electron chi connectivity index (χ4n) is 17.8. The van der Waals surface area contributed by atoms with E-state index < -0.39 is 46.8 Å². The molecule has 4 N–H and O–H groups in total. The Morgan fingerprint density at radius 1 is 0.545 bits per heavy atom. The smallest absolute Gasteiger partial charge is 0.333 e. The van der Waals surface area contributed by atoms with E-state index in [4.69, 9.17) is 4.74 Å². The number of carboxylic acid groups (broad SMARTS) is 2. The van der Waals surface area contributed by atoms with Crippen molar-refractivity contribution in [2.45, 2.75) is 169 Å². The third-order valence-electron chi connectivity index (χ3n) is 19.8. The van der Waals surface area contributed by atoms with Gasteiger partial charge < -0.3 is 25.2 Å². The van der Waals surface area contributed by atoms with Crippen LogP contribution in [0.2, 0.25) is 0 Å². The van der Waals surface area contributed by atoms with Crippen molar-refractivity contribution in [2.24, 2.45) is 92.7 Å². The molecule has 0 aromatic heterocycles. The van der Waals surface area contributed by atoms with E-state index >= 15 is 0 Å². The van der Waals surface area contributed by atoms with Crippen molar-refractivity contribution in [3.8, 4) is 0 Å². The highest BCUT2D eigenvalue weighted by atomic mass is 16.5. The molecule has 0 bridgehead atoms. The molecule has 8 rings (SSSR count). The van der Waals surface area contributed by atoms with Crippen molar-refractivity contribution >= 4 is 23.5 Å². The van der Waals surface area contributed by atoms with Gasteiger partial charge in [-0.3, -0.25) is 9.59 Å². The van der Waals surface area contributed by atoms with Gasteiger partial charge in [0.2, 0.25) is 0 Å². The summed E-state index contributed by atoms with van der Waals surface area (Å²) in [7, 11) is 0. The lowest BCUT2D eigenvalue weighted by atomic mass is 9.41. The van der Waals surface area contributed by atoms with E-state index in [0.29, 0.717) is 50.4 Å². The van der Waals surface area contributed by atoms with Crippen molar-refractivity contribution in [1.82, 2.24) is 0 Å². The number of ketones is 2. The molecule has 308 valence electrons. The van der Waals surface area contributed by atoms with Gasteiger partial charge in [0.25, 0.3) is 0 Å². The number of Topliss-reactive ketones (excluding diaryl/α,β-unsaturated/α-hetero) is 2. The summed E-state index contributed by atoms with van der Waals surface area (Å²) in [4.78, 5) is 54.4. The van der Waals surface area contributed by atoms with Gasteiger partial charge in [-0.1, -0.05) is 27.7 Å². The average molecular weight is 767 g/mol. The molecule has 0 amide bonds. The molecular weight excluding hydrogens is 696 g/mol. The summed E-state index contributed by atoms with van der Waals surface area (Å²) in [5, 5.41) is 44.4. The second-order valence-corrected chi connectivity index (χ2v) is 21.9. The molecule has 8 fully saturated rings. The van der Waals surface area contributed by atoms with Crippen LogP contribution in [-0.2, 0) is 23.9 Å². The second-order valence-electron chi connectivity index (χ2n) is 21.9. The van der Waals surface area contributed by atoms with Gasteiger partial charge >= 0.3 is 11.9 Å². The molecule has 8 saturated carbocycles. The predicted molar refractivity (Wildman–Crippen MR) is 205 cm³/mol. The first kappa shape index (κ1) is 40.0. The Morgan fingerprint density at radius 2 is 0.927 bits per heavy atom. The fraction of sp³-hybridized carbons (Fsp3) is 0.913. The molecule has 0 spiro atoms. The van der Waals surface area contributed by atoms with E-state index in [1.54, 1.807) is 13.8 Å². The van der Waals surface area contributed by atoms with Gasteiger partial charge in [-0.05, 0) is 186 Å². The zero-order valence-corrected chi connectivity index (χ0v) is 34.4. The highest BCUT2D eigenvalue weighted by Crippen LogP contribution is 2.72. The van der Waals surface area contributed by atoms with Crippen LogP contribution in [0.3, 0.4) is 0 Å². The summed E-state index contributed by atoms with van der Waals surface area (Å²) < 4.78 is 6.95. The second kappa shape index (κ2) is 13.9. The first-order valence-corrected chi connectivity index (χ1v) is 22.3. The summed E-state index contributed by atoms with van der Waals surface area (Å²) in [5.74, 6) is -1.75. The Balaban J connectivity index is 1.22. The van der Waals surface area contributed by atoms with Crippen LogP contribution in [0.15, 0.2) is 0 Å². The van der Waals surface area contributed by atoms with Gasteiger partial charge in [-0.15, -0.1) is 0 Å².